The van der Waals surface area contributed by atoms with Crippen LogP contribution in [0.4, 0.5) is 5.69 Å². The number of halogens is 1. The lowest BCUT2D eigenvalue weighted by Crippen LogP contribution is -2.13. The monoisotopic (exact) mass is 323 g/mol. The number of furan rings is 1. The number of carbonyl (C=O) groups is 1. The first kappa shape index (κ1) is 15.1. The van der Waals surface area contributed by atoms with E-state index in [1.165, 1.54) is 0 Å². The molecular formula is C19H14ClNO2. The van der Waals surface area contributed by atoms with Crippen LogP contribution in [0.2, 0.25) is 5.02 Å². The summed E-state index contributed by atoms with van der Waals surface area (Å²) >= 11 is 5.96. The number of hydrogen-bond donors (Lipinski definition) is 1. The highest BCUT2D eigenvalue weighted by Crippen LogP contribution is 2.22. The fraction of sp³-hybridized carbons (Fsp3) is 0. The molecule has 0 unspecified atom stereocenters. The Morgan fingerprint density at radius 2 is 1.83 bits per heavy atom. The lowest BCUT2D eigenvalue weighted by Gasteiger charge is -2.09. The molecule has 0 bridgehead atoms. The van der Waals surface area contributed by atoms with E-state index in [2.05, 4.69) is 5.32 Å². The standard InChI is InChI=1S/C19H14ClNO2/c20-15-8-4-9-16(12-15)21-19(22)18(13-17-10-5-11-23-17)14-6-2-1-3-7-14/h1-13H,(H,21,22). The van der Waals surface area contributed by atoms with Gasteiger partial charge in [0.25, 0.3) is 5.91 Å². The third-order valence-electron chi connectivity index (χ3n) is 3.24. The maximum absolute atomic E-state index is 12.7. The Morgan fingerprint density at radius 1 is 1.00 bits per heavy atom. The lowest BCUT2D eigenvalue weighted by atomic mass is 10.0. The molecule has 3 nitrogen and oxygen atoms in total. The van der Waals surface area contributed by atoms with Gasteiger partial charge >= 0.3 is 0 Å². The Morgan fingerprint density at radius 3 is 2.52 bits per heavy atom. The summed E-state index contributed by atoms with van der Waals surface area (Å²) in [4.78, 5) is 12.7. The third-order valence-corrected chi connectivity index (χ3v) is 3.48. The molecule has 114 valence electrons. The Kier molecular flexibility index (Phi) is 4.60. The second-order valence-corrected chi connectivity index (χ2v) is 5.34. The molecule has 0 aliphatic rings. The van der Waals surface area contributed by atoms with E-state index in [1.54, 1.807) is 48.7 Å². The quantitative estimate of drug-likeness (QED) is 0.678. The van der Waals surface area contributed by atoms with Crippen molar-refractivity contribution in [2.24, 2.45) is 0 Å². The van der Waals surface area contributed by atoms with Gasteiger partial charge < -0.3 is 9.73 Å². The van der Waals surface area contributed by atoms with E-state index in [1.807, 2.05) is 30.3 Å². The summed E-state index contributed by atoms with van der Waals surface area (Å²) in [5, 5.41) is 3.43. The predicted molar refractivity (Wildman–Crippen MR) is 93.1 cm³/mol. The molecule has 23 heavy (non-hydrogen) atoms. The van der Waals surface area contributed by atoms with Crippen LogP contribution in [0.5, 0.6) is 0 Å². The highest BCUT2D eigenvalue weighted by atomic mass is 35.5. The van der Waals surface area contributed by atoms with E-state index in [4.69, 9.17) is 16.0 Å². The number of nitrogens with one attached hydrogen (secondary N) is 1. The van der Waals surface area contributed by atoms with Crippen LogP contribution in [0.25, 0.3) is 11.6 Å². The molecule has 0 saturated carbocycles. The lowest BCUT2D eigenvalue weighted by molar-refractivity contribution is -0.111. The molecule has 0 aliphatic carbocycles. The van der Waals surface area contributed by atoms with Crippen molar-refractivity contribution in [3.05, 3.63) is 89.3 Å². The molecule has 2 aromatic carbocycles. The molecule has 0 atom stereocenters. The fourth-order valence-electron chi connectivity index (χ4n) is 2.18. The number of carbonyl (C=O) groups excluding carboxylic acids is 1. The van der Waals surface area contributed by atoms with Gasteiger partial charge in [0.15, 0.2) is 0 Å². The van der Waals surface area contributed by atoms with Crippen LogP contribution in [0.1, 0.15) is 11.3 Å². The molecule has 0 spiro atoms. The zero-order valence-corrected chi connectivity index (χ0v) is 13.0. The highest BCUT2D eigenvalue weighted by molar-refractivity contribution is 6.31. The first-order chi connectivity index (χ1) is 11.2. The van der Waals surface area contributed by atoms with E-state index in [9.17, 15) is 4.79 Å². The Labute approximate surface area is 139 Å². The van der Waals surface area contributed by atoms with Gasteiger partial charge in [0.05, 0.1) is 11.8 Å². The van der Waals surface area contributed by atoms with Crippen LogP contribution in [0, 0.1) is 0 Å². The van der Waals surface area contributed by atoms with Gasteiger partial charge in [-0.15, -0.1) is 0 Å². The number of hydrogen-bond acceptors (Lipinski definition) is 2. The van der Waals surface area contributed by atoms with Crippen molar-refractivity contribution >= 4 is 34.8 Å². The van der Waals surface area contributed by atoms with Gasteiger partial charge in [-0.05, 0) is 42.0 Å². The zero-order chi connectivity index (χ0) is 16.1. The SMILES string of the molecule is O=C(Nc1cccc(Cl)c1)C(=Cc1ccco1)c1ccccc1. The van der Waals surface area contributed by atoms with Crippen LogP contribution in [-0.4, -0.2) is 5.91 Å². The maximum Gasteiger partial charge on any atom is 0.256 e. The smallest absolute Gasteiger partial charge is 0.256 e. The molecule has 1 aromatic heterocycles. The molecule has 1 N–H and O–H groups in total. The van der Waals surface area contributed by atoms with Crippen molar-refractivity contribution in [2.45, 2.75) is 0 Å². The topological polar surface area (TPSA) is 42.2 Å². The third kappa shape index (κ3) is 3.90. The second-order valence-electron chi connectivity index (χ2n) is 4.90. The van der Waals surface area contributed by atoms with E-state index in [0.29, 0.717) is 22.0 Å². The van der Waals surface area contributed by atoms with Gasteiger partial charge in [-0.2, -0.15) is 0 Å². The minimum Gasteiger partial charge on any atom is -0.465 e. The summed E-state index contributed by atoms with van der Waals surface area (Å²) in [6.07, 6.45) is 3.29. The molecule has 0 radical (unpaired) electrons. The average Bonchev–Trinajstić information content (AvgIpc) is 3.06. The molecule has 3 aromatic rings. The molecule has 4 heteroatoms. The van der Waals surface area contributed by atoms with Gasteiger partial charge in [0.2, 0.25) is 0 Å². The summed E-state index contributed by atoms with van der Waals surface area (Å²) in [6.45, 7) is 0. The van der Waals surface area contributed by atoms with E-state index in [-0.39, 0.29) is 5.91 Å². The summed E-state index contributed by atoms with van der Waals surface area (Å²) < 4.78 is 5.33. The number of rotatable bonds is 4. The van der Waals surface area contributed by atoms with Crippen molar-refractivity contribution in [3.63, 3.8) is 0 Å². The Balaban J connectivity index is 1.93. The number of benzene rings is 2. The van der Waals surface area contributed by atoms with Gasteiger partial charge in [-0.1, -0.05) is 48.0 Å². The molecule has 1 amide bonds. The highest BCUT2D eigenvalue weighted by Gasteiger charge is 2.13. The van der Waals surface area contributed by atoms with Crippen molar-refractivity contribution in [2.75, 3.05) is 5.32 Å². The largest absolute Gasteiger partial charge is 0.465 e. The first-order valence-corrected chi connectivity index (χ1v) is 7.48. The molecule has 0 saturated heterocycles. The van der Waals surface area contributed by atoms with E-state index in [0.717, 1.165) is 5.56 Å². The molecule has 0 aliphatic heterocycles. The Hall–Kier alpha value is -2.78. The van der Waals surface area contributed by atoms with Crippen LogP contribution < -0.4 is 5.32 Å². The maximum atomic E-state index is 12.7. The van der Waals surface area contributed by atoms with Gasteiger partial charge in [-0.3, -0.25) is 4.79 Å². The van der Waals surface area contributed by atoms with Crippen molar-refractivity contribution in [1.29, 1.82) is 0 Å². The van der Waals surface area contributed by atoms with E-state index < -0.39 is 0 Å². The summed E-state index contributed by atoms with van der Waals surface area (Å²) in [6, 6.07) is 20.1. The molecule has 3 rings (SSSR count). The Bertz CT molecular complexity index is 824. The summed E-state index contributed by atoms with van der Waals surface area (Å²) in [5.41, 5.74) is 1.97. The number of anilines is 1. The van der Waals surface area contributed by atoms with E-state index >= 15 is 0 Å². The van der Waals surface area contributed by atoms with Crippen LogP contribution in [0.15, 0.2) is 77.4 Å². The molecule has 1 heterocycles. The van der Waals surface area contributed by atoms with Crippen LogP contribution in [0.3, 0.4) is 0 Å². The van der Waals surface area contributed by atoms with Crippen molar-refractivity contribution < 1.29 is 9.21 Å². The summed E-state index contributed by atoms with van der Waals surface area (Å²) in [5.74, 6) is 0.389. The fourth-order valence-corrected chi connectivity index (χ4v) is 2.37. The average molecular weight is 324 g/mol. The number of amides is 1. The van der Waals surface area contributed by atoms with Gasteiger partial charge in [-0.25, -0.2) is 0 Å². The van der Waals surface area contributed by atoms with Crippen molar-refractivity contribution in [1.82, 2.24) is 0 Å². The molecular weight excluding hydrogens is 310 g/mol. The zero-order valence-electron chi connectivity index (χ0n) is 12.2. The predicted octanol–water partition coefficient (Wildman–Crippen LogP) is 5.11. The minimum absolute atomic E-state index is 0.227. The van der Waals surface area contributed by atoms with Crippen LogP contribution in [-0.2, 0) is 4.79 Å². The minimum atomic E-state index is -0.227. The van der Waals surface area contributed by atoms with Gasteiger partial charge in [0.1, 0.15) is 5.76 Å². The van der Waals surface area contributed by atoms with Gasteiger partial charge in [0, 0.05) is 10.7 Å². The van der Waals surface area contributed by atoms with Crippen molar-refractivity contribution in [3.8, 4) is 0 Å². The molecule has 0 fully saturated rings. The normalized spacial score (nSPS) is 11.3. The van der Waals surface area contributed by atoms with Crippen LogP contribution >= 0.6 is 11.6 Å². The summed E-state index contributed by atoms with van der Waals surface area (Å²) in [7, 11) is 0. The first-order valence-electron chi connectivity index (χ1n) is 7.10. The second kappa shape index (κ2) is 6.99.